The molecule has 0 bridgehead atoms. The molecule has 82 valence electrons. The van der Waals surface area contributed by atoms with Crippen molar-refractivity contribution in [2.24, 2.45) is 5.92 Å². The summed E-state index contributed by atoms with van der Waals surface area (Å²) < 4.78 is 16.8. The van der Waals surface area contributed by atoms with Gasteiger partial charge >= 0.3 is 0 Å². The van der Waals surface area contributed by atoms with Crippen LogP contribution >= 0.6 is 0 Å². The summed E-state index contributed by atoms with van der Waals surface area (Å²) in [4.78, 5) is 0. The van der Waals surface area contributed by atoms with E-state index in [4.69, 9.17) is 14.2 Å². The molecule has 0 aromatic heterocycles. The highest BCUT2D eigenvalue weighted by Gasteiger charge is 2.44. The van der Waals surface area contributed by atoms with Gasteiger partial charge in [0.15, 0.2) is 0 Å². The Labute approximate surface area is 85.7 Å². The van der Waals surface area contributed by atoms with Gasteiger partial charge < -0.3 is 14.2 Å². The molecule has 0 spiro atoms. The van der Waals surface area contributed by atoms with E-state index in [1.54, 1.807) is 0 Å². The fourth-order valence-corrected chi connectivity index (χ4v) is 1.99. The number of fused-ring (bicyclic) bond motifs is 1. The predicted octanol–water partition coefficient (Wildman–Crippen LogP) is 1.61. The molecule has 0 amide bonds. The lowest BCUT2D eigenvalue weighted by Crippen LogP contribution is -2.18. The summed E-state index contributed by atoms with van der Waals surface area (Å²) in [5.74, 6) is 0.571. The van der Waals surface area contributed by atoms with Crippen molar-refractivity contribution < 1.29 is 14.2 Å². The molecule has 2 rings (SSSR count). The van der Waals surface area contributed by atoms with E-state index in [9.17, 15) is 0 Å². The SMILES string of the molecule is CCC1COCCCCOCC2OC12. The van der Waals surface area contributed by atoms with Gasteiger partial charge in [-0.1, -0.05) is 6.92 Å². The Balaban J connectivity index is 1.81. The minimum absolute atomic E-state index is 0.349. The second kappa shape index (κ2) is 5.10. The minimum Gasteiger partial charge on any atom is -0.381 e. The fourth-order valence-electron chi connectivity index (χ4n) is 1.99. The Hall–Kier alpha value is -0.120. The highest BCUT2D eigenvalue weighted by molar-refractivity contribution is 4.90. The third-order valence-electron chi connectivity index (χ3n) is 3.05. The summed E-state index contributed by atoms with van der Waals surface area (Å²) in [6, 6.07) is 0. The highest BCUT2D eigenvalue weighted by atomic mass is 16.6. The van der Waals surface area contributed by atoms with E-state index in [2.05, 4.69) is 6.92 Å². The van der Waals surface area contributed by atoms with Gasteiger partial charge in [-0.3, -0.25) is 0 Å². The Kier molecular flexibility index (Phi) is 3.79. The standard InChI is InChI=1S/C11H20O3/c1-2-9-7-12-5-3-4-6-13-8-10-11(9)14-10/h9-11H,2-8H2,1H3. The molecule has 3 unspecified atom stereocenters. The number of epoxide rings is 1. The summed E-state index contributed by atoms with van der Waals surface area (Å²) in [7, 11) is 0. The molecule has 0 saturated carbocycles. The molecule has 3 nitrogen and oxygen atoms in total. The maximum absolute atomic E-state index is 5.63. The molecule has 0 aromatic carbocycles. The first-order chi connectivity index (χ1) is 6.92. The lowest BCUT2D eigenvalue weighted by molar-refractivity contribution is 0.0721. The van der Waals surface area contributed by atoms with Crippen LogP contribution in [0.1, 0.15) is 26.2 Å². The average Bonchev–Trinajstić information content (AvgIpc) is 2.93. The molecule has 3 atom stereocenters. The molecule has 2 aliphatic rings. The molecule has 0 radical (unpaired) electrons. The summed E-state index contributed by atoms with van der Waals surface area (Å²) in [6.07, 6.45) is 4.11. The summed E-state index contributed by atoms with van der Waals surface area (Å²) in [5, 5.41) is 0. The Bertz CT molecular complexity index is 172. The van der Waals surface area contributed by atoms with Crippen molar-refractivity contribution in [3.63, 3.8) is 0 Å². The van der Waals surface area contributed by atoms with Gasteiger partial charge in [-0.25, -0.2) is 0 Å². The van der Waals surface area contributed by atoms with E-state index in [1.165, 1.54) is 0 Å². The maximum atomic E-state index is 5.63. The van der Waals surface area contributed by atoms with Gasteiger partial charge in [0.25, 0.3) is 0 Å². The number of ether oxygens (including phenoxy) is 3. The van der Waals surface area contributed by atoms with Crippen LogP contribution in [0.3, 0.4) is 0 Å². The lowest BCUT2D eigenvalue weighted by atomic mass is 10.0. The molecule has 0 aliphatic carbocycles. The van der Waals surface area contributed by atoms with Crippen molar-refractivity contribution in [3.8, 4) is 0 Å². The molecule has 2 aliphatic heterocycles. The normalized spacial score (nSPS) is 39.6. The first-order valence-electron chi connectivity index (χ1n) is 5.72. The molecule has 14 heavy (non-hydrogen) atoms. The van der Waals surface area contributed by atoms with Crippen LogP contribution in [0, 0.1) is 5.92 Å². The van der Waals surface area contributed by atoms with Crippen LogP contribution in [0.5, 0.6) is 0 Å². The molecule has 2 saturated heterocycles. The molecule has 3 heteroatoms. The third-order valence-corrected chi connectivity index (χ3v) is 3.05. The monoisotopic (exact) mass is 200 g/mol. The summed E-state index contributed by atoms with van der Waals surface area (Å²) in [6.45, 7) is 5.57. The molecule has 0 N–H and O–H groups in total. The Morgan fingerprint density at radius 3 is 2.50 bits per heavy atom. The second-order valence-corrected chi connectivity index (χ2v) is 4.16. The minimum atomic E-state index is 0.349. The first kappa shape index (κ1) is 10.4. The molecular formula is C11H20O3. The van der Waals surface area contributed by atoms with Crippen LogP contribution in [-0.2, 0) is 14.2 Å². The van der Waals surface area contributed by atoms with Crippen LogP contribution in [0.15, 0.2) is 0 Å². The van der Waals surface area contributed by atoms with E-state index in [1.807, 2.05) is 0 Å². The van der Waals surface area contributed by atoms with Crippen LogP contribution in [0.4, 0.5) is 0 Å². The van der Waals surface area contributed by atoms with Crippen LogP contribution in [0.2, 0.25) is 0 Å². The zero-order chi connectivity index (χ0) is 9.80. The average molecular weight is 200 g/mol. The summed E-state index contributed by atoms with van der Waals surface area (Å²) >= 11 is 0. The quantitative estimate of drug-likeness (QED) is 0.602. The summed E-state index contributed by atoms with van der Waals surface area (Å²) in [5.41, 5.74) is 0. The molecule has 0 aromatic rings. The van der Waals surface area contributed by atoms with Crippen molar-refractivity contribution >= 4 is 0 Å². The smallest absolute Gasteiger partial charge is 0.108 e. The van der Waals surface area contributed by atoms with Crippen molar-refractivity contribution in [2.75, 3.05) is 26.4 Å². The molecule has 2 heterocycles. The van der Waals surface area contributed by atoms with Crippen LogP contribution in [-0.4, -0.2) is 38.6 Å². The molecular weight excluding hydrogens is 180 g/mol. The van der Waals surface area contributed by atoms with E-state index < -0.39 is 0 Å². The number of hydrogen-bond donors (Lipinski definition) is 0. The molecule has 2 fully saturated rings. The second-order valence-electron chi connectivity index (χ2n) is 4.16. The number of hydrogen-bond acceptors (Lipinski definition) is 3. The van der Waals surface area contributed by atoms with Crippen LogP contribution < -0.4 is 0 Å². The van der Waals surface area contributed by atoms with Gasteiger partial charge in [-0.05, 0) is 19.3 Å². The zero-order valence-corrected chi connectivity index (χ0v) is 8.91. The first-order valence-corrected chi connectivity index (χ1v) is 5.72. The lowest BCUT2D eigenvalue weighted by Gasteiger charge is -2.11. The van der Waals surface area contributed by atoms with Crippen LogP contribution in [0.25, 0.3) is 0 Å². The van der Waals surface area contributed by atoms with Crippen molar-refractivity contribution in [2.45, 2.75) is 38.4 Å². The van der Waals surface area contributed by atoms with Gasteiger partial charge in [-0.2, -0.15) is 0 Å². The topological polar surface area (TPSA) is 31.0 Å². The van der Waals surface area contributed by atoms with E-state index >= 15 is 0 Å². The Morgan fingerprint density at radius 1 is 1.07 bits per heavy atom. The van der Waals surface area contributed by atoms with Gasteiger partial charge in [0, 0.05) is 19.1 Å². The Morgan fingerprint density at radius 2 is 1.79 bits per heavy atom. The van der Waals surface area contributed by atoms with Gasteiger partial charge in [0.2, 0.25) is 0 Å². The van der Waals surface area contributed by atoms with E-state index in [-0.39, 0.29) is 0 Å². The van der Waals surface area contributed by atoms with Gasteiger partial charge in [-0.15, -0.1) is 0 Å². The van der Waals surface area contributed by atoms with Crippen molar-refractivity contribution in [1.29, 1.82) is 0 Å². The van der Waals surface area contributed by atoms with Crippen molar-refractivity contribution in [3.05, 3.63) is 0 Å². The van der Waals surface area contributed by atoms with E-state index in [0.717, 1.165) is 45.7 Å². The predicted molar refractivity (Wildman–Crippen MR) is 53.3 cm³/mol. The zero-order valence-electron chi connectivity index (χ0n) is 8.91. The van der Waals surface area contributed by atoms with E-state index in [0.29, 0.717) is 18.1 Å². The highest BCUT2D eigenvalue weighted by Crippen LogP contribution is 2.32. The third kappa shape index (κ3) is 2.69. The van der Waals surface area contributed by atoms with Gasteiger partial charge in [0.1, 0.15) is 6.10 Å². The maximum Gasteiger partial charge on any atom is 0.108 e. The largest absolute Gasteiger partial charge is 0.381 e. The number of rotatable bonds is 1. The fraction of sp³-hybridized carbons (Fsp3) is 1.00. The van der Waals surface area contributed by atoms with Crippen molar-refractivity contribution in [1.82, 2.24) is 0 Å². The van der Waals surface area contributed by atoms with Gasteiger partial charge in [0.05, 0.1) is 19.3 Å².